The number of piperidine rings is 1. The Hall–Kier alpha value is -1.01. The van der Waals surface area contributed by atoms with Crippen molar-refractivity contribution in [3.05, 3.63) is 35.1 Å². The van der Waals surface area contributed by atoms with Crippen LogP contribution in [0.25, 0.3) is 0 Å². The fourth-order valence-electron chi connectivity index (χ4n) is 4.69. The molecule has 3 fully saturated rings. The first-order chi connectivity index (χ1) is 11.6. The molecule has 3 aliphatic rings. The molecule has 0 aliphatic carbocycles. The standard InChI is InChI=1S/C19H28FN3O/c1-12-2-3-17(20)16(6-12)19-18(21)7-15(11-24-19)23-5-4-13-8-22-9-14(13)10-23/h2-3,6,13-15,18-19,22H,4-5,7-11,21H2,1H3/t13?,14?,15-,18+,19-/m1/s1. The lowest BCUT2D eigenvalue weighted by Gasteiger charge is -2.44. The molecule has 3 N–H and O–H groups in total. The Balaban J connectivity index is 1.42. The highest BCUT2D eigenvalue weighted by molar-refractivity contribution is 5.27. The summed E-state index contributed by atoms with van der Waals surface area (Å²) in [6.07, 6.45) is 1.81. The van der Waals surface area contributed by atoms with Crippen LogP contribution in [0.3, 0.4) is 0 Å². The number of benzene rings is 1. The fraction of sp³-hybridized carbons (Fsp3) is 0.684. The quantitative estimate of drug-likeness (QED) is 0.867. The maximum atomic E-state index is 14.2. The number of hydrogen-bond acceptors (Lipinski definition) is 4. The van der Waals surface area contributed by atoms with Gasteiger partial charge in [0.2, 0.25) is 0 Å². The molecule has 2 unspecified atom stereocenters. The van der Waals surface area contributed by atoms with Gasteiger partial charge in [-0.1, -0.05) is 17.7 Å². The van der Waals surface area contributed by atoms with Crippen molar-refractivity contribution in [2.75, 3.05) is 32.8 Å². The number of nitrogens with zero attached hydrogens (tertiary/aromatic N) is 1. The molecule has 3 aliphatic heterocycles. The molecule has 3 heterocycles. The SMILES string of the molecule is Cc1ccc(F)c([C@H]2OC[C@H](N3CCC4CNCC4C3)C[C@@H]2N)c1. The van der Waals surface area contributed by atoms with E-state index in [1.165, 1.54) is 19.0 Å². The molecular formula is C19H28FN3O. The summed E-state index contributed by atoms with van der Waals surface area (Å²) in [6.45, 7) is 7.21. The van der Waals surface area contributed by atoms with Crippen molar-refractivity contribution in [3.63, 3.8) is 0 Å². The van der Waals surface area contributed by atoms with E-state index < -0.39 is 0 Å². The minimum atomic E-state index is -0.327. The van der Waals surface area contributed by atoms with Crippen LogP contribution in [0.5, 0.6) is 0 Å². The predicted molar refractivity (Wildman–Crippen MR) is 92.3 cm³/mol. The van der Waals surface area contributed by atoms with Gasteiger partial charge in [-0.25, -0.2) is 4.39 Å². The highest BCUT2D eigenvalue weighted by atomic mass is 19.1. The maximum absolute atomic E-state index is 14.2. The third kappa shape index (κ3) is 3.10. The molecule has 5 atom stereocenters. The summed E-state index contributed by atoms with van der Waals surface area (Å²) in [5.41, 5.74) is 8.06. The van der Waals surface area contributed by atoms with E-state index in [9.17, 15) is 4.39 Å². The summed E-state index contributed by atoms with van der Waals surface area (Å²) < 4.78 is 20.2. The van der Waals surface area contributed by atoms with E-state index >= 15 is 0 Å². The Morgan fingerprint density at radius 1 is 1.29 bits per heavy atom. The Labute approximate surface area is 143 Å². The Kier molecular flexibility index (Phi) is 4.60. The first-order valence-corrected chi connectivity index (χ1v) is 9.20. The lowest BCUT2D eigenvalue weighted by atomic mass is 9.86. The number of nitrogens with one attached hydrogen (secondary N) is 1. The second-order valence-corrected chi connectivity index (χ2v) is 7.79. The molecule has 0 saturated carbocycles. The molecule has 0 radical (unpaired) electrons. The number of hydrogen-bond donors (Lipinski definition) is 2. The van der Waals surface area contributed by atoms with Gasteiger partial charge < -0.3 is 15.8 Å². The Bertz CT molecular complexity index is 596. The number of halogens is 1. The monoisotopic (exact) mass is 333 g/mol. The Morgan fingerprint density at radius 2 is 2.12 bits per heavy atom. The molecule has 132 valence electrons. The smallest absolute Gasteiger partial charge is 0.129 e. The van der Waals surface area contributed by atoms with Crippen molar-refractivity contribution in [2.45, 2.75) is 38.0 Å². The molecule has 4 rings (SSSR count). The summed E-state index contributed by atoms with van der Waals surface area (Å²) in [4.78, 5) is 2.55. The van der Waals surface area contributed by atoms with Gasteiger partial charge in [0.05, 0.1) is 6.61 Å². The van der Waals surface area contributed by atoms with Gasteiger partial charge in [0.25, 0.3) is 0 Å². The van der Waals surface area contributed by atoms with Crippen molar-refractivity contribution >= 4 is 0 Å². The summed E-state index contributed by atoms with van der Waals surface area (Å²) >= 11 is 0. The third-order valence-corrected chi connectivity index (χ3v) is 6.11. The molecule has 4 nitrogen and oxygen atoms in total. The zero-order valence-electron chi connectivity index (χ0n) is 14.4. The molecule has 5 heteroatoms. The van der Waals surface area contributed by atoms with Gasteiger partial charge in [-0.2, -0.15) is 0 Å². The summed E-state index contributed by atoms with van der Waals surface area (Å²) in [7, 11) is 0. The van der Waals surface area contributed by atoms with Crippen molar-refractivity contribution in [1.29, 1.82) is 0 Å². The van der Waals surface area contributed by atoms with Crippen LogP contribution >= 0.6 is 0 Å². The number of rotatable bonds is 2. The molecule has 0 aromatic heterocycles. The van der Waals surface area contributed by atoms with Gasteiger partial charge in [-0.15, -0.1) is 0 Å². The number of nitrogens with two attached hydrogens (primary N) is 1. The van der Waals surface area contributed by atoms with Crippen LogP contribution in [-0.4, -0.2) is 49.8 Å². The number of aryl methyl sites for hydroxylation is 1. The Morgan fingerprint density at radius 3 is 2.96 bits per heavy atom. The first-order valence-electron chi connectivity index (χ1n) is 9.20. The van der Waals surface area contributed by atoms with Gasteiger partial charge in [0, 0.05) is 24.2 Å². The van der Waals surface area contributed by atoms with Crippen molar-refractivity contribution in [3.8, 4) is 0 Å². The number of fused-ring (bicyclic) bond motifs is 1. The zero-order chi connectivity index (χ0) is 16.7. The summed E-state index contributed by atoms with van der Waals surface area (Å²) in [5, 5.41) is 3.51. The second-order valence-electron chi connectivity index (χ2n) is 7.79. The van der Waals surface area contributed by atoms with Crippen molar-refractivity contribution in [1.82, 2.24) is 10.2 Å². The molecular weight excluding hydrogens is 305 g/mol. The first kappa shape index (κ1) is 16.5. The van der Waals surface area contributed by atoms with Gasteiger partial charge in [-0.3, -0.25) is 4.90 Å². The van der Waals surface area contributed by atoms with Crippen molar-refractivity contribution in [2.24, 2.45) is 17.6 Å². The minimum absolute atomic E-state index is 0.153. The predicted octanol–water partition coefficient (Wildman–Crippen LogP) is 1.83. The molecule has 1 aromatic carbocycles. The molecule has 0 bridgehead atoms. The lowest BCUT2D eigenvalue weighted by molar-refractivity contribution is -0.0615. The van der Waals surface area contributed by atoms with E-state index in [0.717, 1.165) is 43.5 Å². The number of ether oxygens (including phenoxy) is 1. The van der Waals surface area contributed by atoms with E-state index in [-0.39, 0.29) is 18.0 Å². The van der Waals surface area contributed by atoms with Crippen LogP contribution in [0.4, 0.5) is 4.39 Å². The van der Waals surface area contributed by atoms with Gasteiger partial charge >= 0.3 is 0 Å². The van der Waals surface area contributed by atoms with Gasteiger partial charge in [0.15, 0.2) is 0 Å². The number of likely N-dealkylation sites (tertiary alicyclic amines) is 1. The van der Waals surface area contributed by atoms with Crippen LogP contribution in [-0.2, 0) is 4.74 Å². The van der Waals surface area contributed by atoms with E-state index in [1.807, 2.05) is 13.0 Å². The van der Waals surface area contributed by atoms with E-state index in [2.05, 4.69) is 10.2 Å². The fourth-order valence-corrected chi connectivity index (χ4v) is 4.69. The zero-order valence-corrected chi connectivity index (χ0v) is 14.4. The lowest BCUT2D eigenvalue weighted by Crippen LogP contribution is -2.53. The van der Waals surface area contributed by atoms with Crippen LogP contribution in [0, 0.1) is 24.6 Å². The normalized spacial score (nSPS) is 37.4. The summed E-state index contributed by atoms with van der Waals surface area (Å²) in [5.74, 6) is 1.40. The van der Waals surface area contributed by atoms with Crippen LogP contribution in [0.1, 0.15) is 30.1 Å². The van der Waals surface area contributed by atoms with Gasteiger partial charge in [-0.05, 0) is 57.3 Å². The topological polar surface area (TPSA) is 50.5 Å². The maximum Gasteiger partial charge on any atom is 0.129 e. The average molecular weight is 333 g/mol. The molecule has 24 heavy (non-hydrogen) atoms. The van der Waals surface area contributed by atoms with Gasteiger partial charge in [0.1, 0.15) is 11.9 Å². The minimum Gasteiger partial charge on any atom is -0.370 e. The second kappa shape index (κ2) is 6.71. The molecule has 1 aromatic rings. The van der Waals surface area contributed by atoms with Crippen LogP contribution in [0.15, 0.2) is 18.2 Å². The van der Waals surface area contributed by atoms with Crippen LogP contribution < -0.4 is 11.1 Å². The van der Waals surface area contributed by atoms with Crippen molar-refractivity contribution < 1.29 is 9.13 Å². The highest BCUT2D eigenvalue weighted by Crippen LogP contribution is 2.34. The average Bonchev–Trinajstić information content (AvgIpc) is 3.05. The molecule has 0 spiro atoms. The molecule has 0 amide bonds. The molecule has 3 saturated heterocycles. The van der Waals surface area contributed by atoms with Crippen LogP contribution in [0.2, 0.25) is 0 Å². The van der Waals surface area contributed by atoms with E-state index in [0.29, 0.717) is 18.2 Å². The third-order valence-electron chi connectivity index (χ3n) is 6.11. The summed E-state index contributed by atoms with van der Waals surface area (Å²) in [6, 6.07) is 5.39. The largest absolute Gasteiger partial charge is 0.370 e. The van der Waals surface area contributed by atoms with E-state index in [4.69, 9.17) is 10.5 Å². The van der Waals surface area contributed by atoms with E-state index in [1.54, 1.807) is 6.07 Å². The highest BCUT2D eigenvalue weighted by Gasteiger charge is 2.39.